The van der Waals surface area contributed by atoms with Crippen LogP contribution in [0.1, 0.15) is 13.3 Å². The lowest BCUT2D eigenvalue weighted by Crippen LogP contribution is -2.46. The summed E-state index contributed by atoms with van der Waals surface area (Å²) < 4.78 is 23.2. The first-order chi connectivity index (χ1) is 7.72. The number of hydroxylamine groups is 2. The molecule has 0 spiro atoms. The number of piperazine rings is 1. The van der Waals surface area contributed by atoms with E-state index in [0.717, 1.165) is 45.8 Å². The average molecular weight is 252 g/mol. The van der Waals surface area contributed by atoms with Gasteiger partial charge in [-0.3, -0.25) is 13.6 Å². The lowest BCUT2D eigenvalue weighted by molar-refractivity contribution is -0.172. The van der Waals surface area contributed by atoms with Crippen molar-refractivity contribution in [3.8, 4) is 0 Å². The fraction of sp³-hybridized carbons (Fsp3) is 1.00. The molecule has 0 bridgehead atoms. The van der Waals surface area contributed by atoms with Crippen LogP contribution in [0.3, 0.4) is 0 Å². The highest BCUT2D eigenvalue weighted by molar-refractivity contribution is 7.74. The predicted molar refractivity (Wildman–Crippen MR) is 61.0 cm³/mol. The fourth-order valence-corrected chi connectivity index (χ4v) is 1.94. The molecule has 1 N–H and O–H groups in total. The summed E-state index contributed by atoms with van der Waals surface area (Å²) in [4.78, 5) is 7.70. The van der Waals surface area contributed by atoms with E-state index in [4.69, 9.17) is 9.39 Å². The second-order valence-corrected chi connectivity index (χ2v) is 4.25. The van der Waals surface area contributed by atoms with Gasteiger partial charge in [0.1, 0.15) is 0 Å². The highest BCUT2D eigenvalue weighted by Crippen LogP contribution is 2.03. The summed E-state index contributed by atoms with van der Waals surface area (Å²) in [6, 6.07) is 0. The van der Waals surface area contributed by atoms with Crippen LogP contribution < -0.4 is 0 Å². The van der Waals surface area contributed by atoms with Crippen LogP contribution in [0.2, 0.25) is 0 Å². The summed E-state index contributed by atoms with van der Waals surface area (Å²) >= 11 is -2.13. The van der Waals surface area contributed by atoms with Gasteiger partial charge in [-0.25, -0.2) is 0 Å². The van der Waals surface area contributed by atoms with Gasteiger partial charge in [0.05, 0.1) is 13.2 Å². The average Bonchev–Trinajstić information content (AvgIpc) is 2.27. The van der Waals surface area contributed by atoms with Crippen LogP contribution in [0, 0.1) is 0 Å². The van der Waals surface area contributed by atoms with Gasteiger partial charge in [0.15, 0.2) is 0 Å². The molecule has 1 aliphatic heterocycles. The fourth-order valence-electron chi connectivity index (χ4n) is 1.68. The standard InChI is InChI=1S/C9H20N2O4S/c1-2-14-11-7-5-10(6-8-11)4-3-9-15-16(12)13/h2-9H2,1H3,(H,12,13). The Morgan fingerprint density at radius 2 is 2.00 bits per heavy atom. The lowest BCUT2D eigenvalue weighted by Gasteiger charge is -2.33. The molecule has 7 heteroatoms. The molecule has 1 saturated heterocycles. The van der Waals surface area contributed by atoms with E-state index in [2.05, 4.69) is 9.08 Å². The van der Waals surface area contributed by atoms with Crippen LogP contribution in [0.15, 0.2) is 0 Å². The van der Waals surface area contributed by atoms with Crippen molar-refractivity contribution in [1.82, 2.24) is 9.96 Å². The molecule has 1 heterocycles. The smallest absolute Gasteiger partial charge is 0.301 e. The summed E-state index contributed by atoms with van der Waals surface area (Å²) in [6.45, 7) is 7.71. The van der Waals surface area contributed by atoms with Crippen molar-refractivity contribution in [2.45, 2.75) is 13.3 Å². The Balaban J connectivity index is 2.01. The van der Waals surface area contributed by atoms with Gasteiger partial charge in [-0.05, 0) is 13.3 Å². The third-order valence-electron chi connectivity index (χ3n) is 2.45. The van der Waals surface area contributed by atoms with E-state index in [1.165, 1.54) is 0 Å². The third kappa shape index (κ3) is 5.88. The number of rotatable bonds is 7. The maximum absolute atomic E-state index is 10.2. The quantitative estimate of drug-likeness (QED) is 0.512. The SMILES string of the molecule is CCON1CCN(CCCOS(=O)O)CC1. The van der Waals surface area contributed by atoms with Gasteiger partial charge in [0.2, 0.25) is 0 Å². The Bertz CT molecular complexity index is 210. The zero-order valence-electron chi connectivity index (χ0n) is 9.63. The highest BCUT2D eigenvalue weighted by atomic mass is 32.2. The first kappa shape index (κ1) is 14.0. The second kappa shape index (κ2) is 8.10. The third-order valence-corrected chi connectivity index (χ3v) is 2.81. The summed E-state index contributed by atoms with van der Waals surface area (Å²) in [7, 11) is 0. The summed E-state index contributed by atoms with van der Waals surface area (Å²) in [5, 5.41) is 1.98. The Labute approximate surface area is 98.9 Å². The molecule has 6 nitrogen and oxygen atoms in total. The Morgan fingerprint density at radius 1 is 1.31 bits per heavy atom. The van der Waals surface area contributed by atoms with Gasteiger partial charge in [-0.1, -0.05) is 0 Å². The number of nitrogens with zero attached hydrogens (tertiary/aromatic N) is 2. The molecule has 0 aromatic heterocycles. The van der Waals surface area contributed by atoms with Crippen LogP contribution in [-0.2, 0) is 20.4 Å². The minimum absolute atomic E-state index is 0.328. The van der Waals surface area contributed by atoms with Crippen molar-refractivity contribution in [3.05, 3.63) is 0 Å². The molecule has 1 fully saturated rings. The van der Waals surface area contributed by atoms with E-state index in [-0.39, 0.29) is 0 Å². The highest BCUT2D eigenvalue weighted by Gasteiger charge is 2.16. The zero-order valence-corrected chi connectivity index (χ0v) is 10.4. The Hall–Kier alpha value is -0.0500. The van der Waals surface area contributed by atoms with Gasteiger partial charge < -0.3 is 4.90 Å². The molecule has 0 amide bonds. The van der Waals surface area contributed by atoms with Crippen LogP contribution in [0.25, 0.3) is 0 Å². The summed E-state index contributed by atoms with van der Waals surface area (Å²) in [5.74, 6) is 0. The monoisotopic (exact) mass is 252 g/mol. The van der Waals surface area contributed by atoms with Crippen LogP contribution in [-0.4, -0.2) is 64.7 Å². The lowest BCUT2D eigenvalue weighted by atomic mass is 10.3. The topological polar surface area (TPSA) is 62.2 Å². The minimum Gasteiger partial charge on any atom is -0.301 e. The molecule has 0 aromatic carbocycles. The molecular weight excluding hydrogens is 232 g/mol. The van der Waals surface area contributed by atoms with Gasteiger partial charge in [0, 0.05) is 32.7 Å². The maximum atomic E-state index is 10.2. The van der Waals surface area contributed by atoms with Crippen molar-refractivity contribution in [3.63, 3.8) is 0 Å². The molecule has 16 heavy (non-hydrogen) atoms. The first-order valence-corrected chi connectivity index (χ1v) is 6.60. The Kier molecular flexibility index (Phi) is 7.10. The Morgan fingerprint density at radius 3 is 2.56 bits per heavy atom. The van der Waals surface area contributed by atoms with Crippen LogP contribution in [0.5, 0.6) is 0 Å². The van der Waals surface area contributed by atoms with Crippen molar-refractivity contribution >= 4 is 11.4 Å². The second-order valence-electron chi connectivity index (χ2n) is 3.58. The van der Waals surface area contributed by atoms with E-state index in [9.17, 15) is 4.21 Å². The number of hydrogen-bond acceptors (Lipinski definition) is 5. The van der Waals surface area contributed by atoms with Crippen molar-refractivity contribution in [1.29, 1.82) is 0 Å². The van der Waals surface area contributed by atoms with E-state index < -0.39 is 11.4 Å². The normalized spacial score (nSPS) is 21.1. The summed E-state index contributed by atoms with van der Waals surface area (Å²) in [5.41, 5.74) is 0. The van der Waals surface area contributed by atoms with Crippen molar-refractivity contribution < 1.29 is 17.8 Å². The molecule has 0 aromatic rings. The maximum Gasteiger partial charge on any atom is 0.301 e. The molecule has 0 radical (unpaired) electrons. The molecule has 0 aliphatic carbocycles. The van der Waals surface area contributed by atoms with Gasteiger partial charge in [0.25, 0.3) is 0 Å². The zero-order chi connectivity index (χ0) is 11.8. The molecule has 1 rings (SSSR count). The number of hydrogen-bond donors (Lipinski definition) is 1. The van der Waals surface area contributed by atoms with E-state index >= 15 is 0 Å². The van der Waals surface area contributed by atoms with Crippen LogP contribution >= 0.6 is 0 Å². The minimum atomic E-state index is -2.13. The predicted octanol–water partition coefficient (Wildman–Crippen LogP) is 0.0989. The van der Waals surface area contributed by atoms with Crippen LogP contribution in [0.4, 0.5) is 0 Å². The largest absolute Gasteiger partial charge is 0.301 e. The first-order valence-electron chi connectivity index (χ1n) is 5.56. The molecule has 0 saturated carbocycles. The summed E-state index contributed by atoms with van der Waals surface area (Å²) in [6.07, 6.45) is 0.779. The van der Waals surface area contributed by atoms with E-state index in [1.807, 2.05) is 12.0 Å². The van der Waals surface area contributed by atoms with Gasteiger partial charge >= 0.3 is 11.4 Å². The molecule has 1 unspecified atom stereocenters. The van der Waals surface area contributed by atoms with E-state index in [0.29, 0.717) is 6.61 Å². The molecule has 1 aliphatic rings. The molecule has 1 atom stereocenters. The van der Waals surface area contributed by atoms with Crippen molar-refractivity contribution in [2.24, 2.45) is 0 Å². The molecular formula is C9H20N2O4S. The molecule has 96 valence electrons. The van der Waals surface area contributed by atoms with Gasteiger partial charge in [-0.15, -0.1) is 0 Å². The van der Waals surface area contributed by atoms with Crippen molar-refractivity contribution in [2.75, 3.05) is 45.9 Å². The van der Waals surface area contributed by atoms with E-state index in [1.54, 1.807) is 0 Å². The van der Waals surface area contributed by atoms with Gasteiger partial charge in [-0.2, -0.15) is 9.27 Å².